The minimum atomic E-state index is -1.22. The highest BCUT2D eigenvalue weighted by atomic mass is 35.5. The van der Waals surface area contributed by atoms with Gasteiger partial charge < -0.3 is 5.73 Å². The Bertz CT molecular complexity index is 548. The lowest BCUT2D eigenvalue weighted by Crippen LogP contribution is -2.01. The van der Waals surface area contributed by atoms with Gasteiger partial charge in [-0.2, -0.15) is 0 Å². The first-order valence-corrected chi connectivity index (χ1v) is 6.56. The standard InChI is InChI=1S/C11H10ClN3OS/c12-9-6-8(2-3-10(9)13)17(16)7-11-14-4-1-5-15-11/h1-6H,7,13H2. The molecule has 1 aromatic heterocycles. The van der Waals surface area contributed by atoms with Crippen molar-refractivity contribution >= 4 is 28.1 Å². The van der Waals surface area contributed by atoms with Crippen LogP contribution in [0.1, 0.15) is 5.82 Å². The molecule has 1 unspecified atom stereocenters. The monoisotopic (exact) mass is 267 g/mol. The number of benzene rings is 1. The molecule has 17 heavy (non-hydrogen) atoms. The average molecular weight is 268 g/mol. The zero-order chi connectivity index (χ0) is 12.3. The van der Waals surface area contributed by atoms with Crippen molar-refractivity contribution in [3.05, 3.63) is 47.5 Å². The molecule has 1 atom stereocenters. The highest BCUT2D eigenvalue weighted by Crippen LogP contribution is 2.22. The van der Waals surface area contributed by atoms with Crippen LogP contribution in [-0.2, 0) is 16.6 Å². The van der Waals surface area contributed by atoms with Crippen molar-refractivity contribution in [1.82, 2.24) is 9.97 Å². The Morgan fingerprint density at radius 3 is 2.65 bits per heavy atom. The van der Waals surface area contributed by atoms with E-state index in [2.05, 4.69) is 9.97 Å². The molecule has 0 spiro atoms. The van der Waals surface area contributed by atoms with Gasteiger partial charge in [0.05, 0.1) is 27.3 Å². The van der Waals surface area contributed by atoms with Crippen LogP contribution in [0.15, 0.2) is 41.6 Å². The number of hydrogen-bond acceptors (Lipinski definition) is 4. The molecule has 0 fully saturated rings. The minimum absolute atomic E-state index is 0.265. The van der Waals surface area contributed by atoms with Crippen molar-refractivity contribution in [3.63, 3.8) is 0 Å². The molecule has 0 aliphatic heterocycles. The summed E-state index contributed by atoms with van der Waals surface area (Å²) < 4.78 is 12.0. The lowest BCUT2D eigenvalue weighted by Gasteiger charge is -2.03. The van der Waals surface area contributed by atoms with Gasteiger partial charge in [0.15, 0.2) is 0 Å². The number of nitrogens with two attached hydrogens (primary N) is 1. The van der Waals surface area contributed by atoms with Gasteiger partial charge in [0.1, 0.15) is 5.82 Å². The van der Waals surface area contributed by atoms with Crippen molar-refractivity contribution < 1.29 is 4.21 Å². The molecule has 0 aliphatic rings. The summed E-state index contributed by atoms with van der Waals surface area (Å²) >= 11 is 5.87. The molecule has 2 N–H and O–H groups in total. The zero-order valence-electron chi connectivity index (χ0n) is 8.84. The van der Waals surface area contributed by atoms with Crippen LogP contribution in [0.4, 0.5) is 5.69 Å². The molecule has 0 amide bonds. The van der Waals surface area contributed by atoms with Gasteiger partial charge in [-0.15, -0.1) is 0 Å². The van der Waals surface area contributed by atoms with Crippen LogP contribution < -0.4 is 5.73 Å². The Morgan fingerprint density at radius 1 is 1.29 bits per heavy atom. The number of halogens is 1. The van der Waals surface area contributed by atoms with Gasteiger partial charge >= 0.3 is 0 Å². The normalized spacial score (nSPS) is 12.3. The largest absolute Gasteiger partial charge is 0.398 e. The van der Waals surface area contributed by atoms with Crippen molar-refractivity contribution in [3.8, 4) is 0 Å². The maximum Gasteiger partial charge on any atom is 0.141 e. The van der Waals surface area contributed by atoms with E-state index in [9.17, 15) is 4.21 Å². The summed E-state index contributed by atoms with van der Waals surface area (Å²) in [4.78, 5) is 8.67. The lowest BCUT2D eigenvalue weighted by molar-refractivity contribution is 0.681. The quantitative estimate of drug-likeness (QED) is 0.864. The summed E-state index contributed by atoms with van der Waals surface area (Å²) in [6.45, 7) is 0. The second kappa shape index (κ2) is 5.25. The third kappa shape index (κ3) is 3.01. The van der Waals surface area contributed by atoms with Crippen LogP contribution in [0, 0.1) is 0 Å². The second-order valence-corrected chi connectivity index (χ2v) is 5.20. The van der Waals surface area contributed by atoms with E-state index in [1.165, 1.54) is 0 Å². The third-order valence-electron chi connectivity index (χ3n) is 2.11. The summed E-state index contributed by atoms with van der Waals surface area (Å²) in [5, 5.41) is 0.407. The van der Waals surface area contributed by atoms with Crippen LogP contribution in [0.3, 0.4) is 0 Å². The van der Waals surface area contributed by atoms with Gasteiger partial charge in [-0.3, -0.25) is 4.21 Å². The topological polar surface area (TPSA) is 68.9 Å². The second-order valence-electron chi connectivity index (χ2n) is 3.34. The molecule has 0 aliphatic carbocycles. The first-order chi connectivity index (χ1) is 8.16. The molecule has 2 aromatic rings. The van der Waals surface area contributed by atoms with E-state index in [1.807, 2.05) is 0 Å². The summed E-state index contributed by atoms with van der Waals surface area (Å²) in [6.07, 6.45) is 3.24. The first kappa shape index (κ1) is 12.0. The zero-order valence-corrected chi connectivity index (χ0v) is 10.4. The summed E-state index contributed by atoms with van der Waals surface area (Å²) in [7, 11) is -1.22. The van der Waals surface area contributed by atoms with Crippen LogP contribution in [0.25, 0.3) is 0 Å². The predicted molar refractivity (Wildman–Crippen MR) is 68.0 cm³/mol. The number of nitrogens with zero attached hydrogens (tertiary/aromatic N) is 2. The Morgan fingerprint density at radius 2 is 2.00 bits per heavy atom. The van der Waals surface area contributed by atoms with E-state index in [0.29, 0.717) is 21.4 Å². The van der Waals surface area contributed by atoms with E-state index in [1.54, 1.807) is 36.7 Å². The Hall–Kier alpha value is -1.46. The highest BCUT2D eigenvalue weighted by Gasteiger charge is 2.08. The number of nitrogen functional groups attached to an aromatic ring is 1. The van der Waals surface area contributed by atoms with Crippen LogP contribution in [0.2, 0.25) is 5.02 Å². The molecule has 0 saturated heterocycles. The number of aromatic nitrogens is 2. The van der Waals surface area contributed by atoms with Gasteiger partial charge in [-0.1, -0.05) is 11.6 Å². The van der Waals surface area contributed by atoms with E-state index in [4.69, 9.17) is 17.3 Å². The average Bonchev–Trinajstić information content (AvgIpc) is 2.34. The van der Waals surface area contributed by atoms with E-state index >= 15 is 0 Å². The summed E-state index contributed by atoms with van der Waals surface area (Å²) in [5.41, 5.74) is 6.06. The third-order valence-corrected chi connectivity index (χ3v) is 3.74. The molecule has 2 rings (SSSR count). The van der Waals surface area contributed by atoms with Crippen molar-refractivity contribution in [1.29, 1.82) is 0 Å². The minimum Gasteiger partial charge on any atom is -0.398 e. The van der Waals surface area contributed by atoms with Crippen LogP contribution >= 0.6 is 11.6 Å². The summed E-state index contributed by atoms with van der Waals surface area (Å²) in [5.74, 6) is 0.806. The molecule has 4 nitrogen and oxygen atoms in total. The van der Waals surface area contributed by atoms with Crippen LogP contribution in [0.5, 0.6) is 0 Å². The molecule has 88 valence electrons. The first-order valence-electron chi connectivity index (χ1n) is 4.86. The number of hydrogen-bond donors (Lipinski definition) is 1. The van der Waals surface area contributed by atoms with Gasteiger partial charge in [0, 0.05) is 17.3 Å². The Balaban J connectivity index is 2.18. The molecule has 6 heteroatoms. The van der Waals surface area contributed by atoms with Crippen molar-refractivity contribution in [2.75, 3.05) is 5.73 Å². The molecular weight excluding hydrogens is 258 g/mol. The van der Waals surface area contributed by atoms with Gasteiger partial charge in [0.25, 0.3) is 0 Å². The fourth-order valence-corrected chi connectivity index (χ4v) is 2.52. The van der Waals surface area contributed by atoms with Crippen LogP contribution in [-0.4, -0.2) is 14.2 Å². The Kier molecular flexibility index (Phi) is 3.71. The molecule has 0 saturated carbocycles. The molecule has 1 aromatic carbocycles. The maximum absolute atomic E-state index is 12.0. The predicted octanol–water partition coefficient (Wildman–Crippen LogP) is 2.02. The Labute approximate surface area is 106 Å². The molecule has 0 bridgehead atoms. The van der Waals surface area contributed by atoms with Gasteiger partial charge in [-0.05, 0) is 24.3 Å². The lowest BCUT2D eigenvalue weighted by atomic mass is 10.3. The SMILES string of the molecule is Nc1ccc(S(=O)Cc2ncccn2)cc1Cl. The van der Waals surface area contributed by atoms with E-state index < -0.39 is 10.8 Å². The fourth-order valence-electron chi connectivity index (χ4n) is 1.25. The molecule has 0 radical (unpaired) electrons. The molecule has 1 heterocycles. The van der Waals surface area contributed by atoms with E-state index in [-0.39, 0.29) is 5.75 Å². The van der Waals surface area contributed by atoms with E-state index in [0.717, 1.165) is 0 Å². The fraction of sp³-hybridized carbons (Fsp3) is 0.0909. The smallest absolute Gasteiger partial charge is 0.141 e. The maximum atomic E-state index is 12.0. The van der Waals surface area contributed by atoms with Gasteiger partial charge in [0.2, 0.25) is 0 Å². The highest BCUT2D eigenvalue weighted by molar-refractivity contribution is 7.84. The number of rotatable bonds is 3. The summed E-state index contributed by atoms with van der Waals surface area (Å²) in [6, 6.07) is 6.66. The van der Waals surface area contributed by atoms with Crippen molar-refractivity contribution in [2.24, 2.45) is 0 Å². The van der Waals surface area contributed by atoms with Crippen molar-refractivity contribution in [2.45, 2.75) is 10.6 Å². The molecular formula is C11H10ClN3OS. The van der Waals surface area contributed by atoms with Gasteiger partial charge in [-0.25, -0.2) is 9.97 Å². The number of anilines is 1.